The summed E-state index contributed by atoms with van der Waals surface area (Å²) in [4.78, 5) is 32.7. The van der Waals surface area contributed by atoms with Gasteiger partial charge in [0, 0.05) is 25.0 Å². The standard InChI is InChI=1S/C10H17N3O4/c1-6(4-9(15)16)12-10(17)13-7-2-3-8(14)11-5-7/h6-7H,2-5H2,1H3,(H,11,14)(H,15,16)(H2,12,13,17). The van der Waals surface area contributed by atoms with Gasteiger partial charge in [-0.15, -0.1) is 0 Å². The van der Waals surface area contributed by atoms with Crippen LogP contribution in [0.5, 0.6) is 0 Å². The number of carboxylic acids is 1. The molecule has 0 saturated carbocycles. The molecule has 96 valence electrons. The summed E-state index contributed by atoms with van der Waals surface area (Å²) >= 11 is 0. The van der Waals surface area contributed by atoms with Crippen LogP contribution < -0.4 is 16.0 Å². The fourth-order valence-electron chi connectivity index (χ4n) is 1.62. The van der Waals surface area contributed by atoms with E-state index >= 15 is 0 Å². The van der Waals surface area contributed by atoms with Crippen LogP contribution in [0.1, 0.15) is 26.2 Å². The maximum absolute atomic E-state index is 11.5. The average Bonchev–Trinajstić information content (AvgIpc) is 2.19. The lowest BCUT2D eigenvalue weighted by atomic mass is 10.1. The van der Waals surface area contributed by atoms with E-state index in [4.69, 9.17) is 5.11 Å². The molecule has 1 heterocycles. The first-order valence-electron chi connectivity index (χ1n) is 5.53. The molecule has 17 heavy (non-hydrogen) atoms. The molecule has 0 radical (unpaired) electrons. The molecule has 4 N–H and O–H groups in total. The van der Waals surface area contributed by atoms with Gasteiger partial charge in [-0.25, -0.2) is 4.79 Å². The predicted octanol–water partition coefficient (Wildman–Crippen LogP) is -0.573. The van der Waals surface area contributed by atoms with Crippen molar-refractivity contribution in [1.29, 1.82) is 0 Å². The highest BCUT2D eigenvalue weighted by atomic mass is 16.4. The van der Waals surface area contributed by atoms with Gasteiger partial charge in [-0.1, -0.05) is 0 Å². The molecule has 0 aliphatic carbocycles. The number of carbonyl (C=O) groups is 3. The third-order valence-electron chi connectivity index (χ3n) is 2.46. The maximum Gasteiger partial charge on any atom is 0.315 e. The van der Waals surface area contributed by atoms with Crippen LogP contribution in [0.4, 0.5) is 4.79 Å². The highest BCUT2D eigenvalue weighted by molar-refractivity contribution is 5.78. The minimum atomic E-state index is -0.956. The second-order valence-electron chi connectivity index (χ2n) is 4.16. The Labute approximate surface area is 98.9 Å². The molecule has 1 aliphatic rings. The SMILES string of the molecule is CC(CC(=O)O)NC(=O)NC1CCC(=O)NC1. The van der Waals surface area contributed by atoms with Crippen LogP contribution in [0.2, 0.25) is 0 Å². The Morgan fingerprint density at radius 3 is 2.82 bits per heavy atom. The monoisotopic (exact) mass is 243 g/mol. The van der Waals surface area contributed by atoms with Gasteiger partial charge in [0.05, 0.1) is 6.42 Å². The van der Waals surface area contributed by atoms with Crippen molar-refractivity contribution < 1.29 is 19.5 Å². The summed E-state index contributed by atoms with van der Waals surface area (Å²) in [7, 11) is 0. The van der Waals surface area contributed by atoms with Crippen molar-refractivity contribution in [3.63, 3.8) is 0 Å². The number of hydrogen-bond acceptors (Lipinski definition) is 3. The van der Waals surface area contributed by atoms with Gasteiger partial charge in [-0.05, 0) is 13.3 Å². The van der Waals surface area contributed by atoms with Crippen molar-refractivity contribution in [2.24, 2.45) is 0 Å². The molecule has 1 fully saturated rings. The minimum absolute atomic E-state index is 0.0114. The van der Waals surface area contributed by atoms with E-state index in [1.807, 2.05) is 0 Å². The Kier molecular flexibility index (Phi) is 4.74. The smallest absolute Gasteiger partial charge is 0.315 e. The third kappa shape index (κ3) is 5.19. The summed E-state index contributed by atoms with van der Waals surface area (Å²) in [6.07, 6.45) is 0.886. The van der Waals surface area contributed by atoms with Crippen LogP contribution >= 0.6 is 0 Å². The molecule has 0 aromatic rings. The molecule has 0 spiro atoms. The van der Waals surface area contributed by atoms with Crippen LogP contribution in [0, 0.1) is 0 Å². The van der Waals surface area contributed by atoms with Crippen molar-refractivity contribution in [3.05, 3.63) is 0 Å². The molecule has 2 unspecified atom stereocenters. The van der Waals surface area contributed by atoms with Crippen molar-refractivity contribution >= 4 is 17.9 Å². The van der Waals surface area contributed by atoms with Gasteiger partial charge in [0.15, 0.2) is 0 Å². The van der Waals surface area contributed by atoms with Crippen molar-refractivity contribution in [1.82, 2.24) is 16.0 Å². The van der Waals surface area contributed by atoms with E-state index in [-0.39, 0.29) is 18.4 Å². The molecule has 7 heteroatoms. The topological polar surface area (TPSA) is 108 Å². The summed E-state index contributed by atoms with van der Waals surface area (Å²) in [5.74, 6) is -0.967. The number of aliphatic carboxylic acids is 1. The molecule has 0 aromatic heterocycles. The Morgan fingerprint density at radius 1 is 1.59 bits per heavy atom. The summed E-state index contributed by atoms with van der Waals surface area (Å²) in [5.41, 5.74) is 0. The van der Waals surface area contributed by atoms with E-state index in [2.05, 4.69) is 16.0 Å². The number of amides is 3. The molecular weight excluding hydrogens is 226 g/mol. The van der Waals surface area contributed by atoms with Gasteiger partial charge in [0.2, 0.25) is 5.91 Å². The highest BCUT2D eigenvalue weighted by Crippen LogP contribution is 2.02. The fourth-order valence-corrected chi connectivity index (χ4v) is 1.62. The number of carboxylic acid groups (broad SMARTS) is 1. The first kappa shape index (κ1) is 13.3. The van der Waals surface area contributed by atoms with E-state index in [0.29, 0.717) is 19.4 Å². The number of rotatable bonds is 4. The predicted molar refractivity (Wildman–Crippen MR) is 59.4 cm³/mol. The van der Waals surface area contributed by atoms with Crippen LogP contribution in [0.15, 0.2) is 0 Å². The molecule has 2 atom stereocenters. The van der Waals surface area contributed by atoms with Crippen LogP contribution in [0.25, 0.3) is 0 Å². The summed E-state index contributed by atoms with van der Waals surface area (Å²) < 4.78 is 0. The normalized spacial score (nSPS) is 21.2. The summed E-state index contributed by atoms with van der Waals surface area (Å²) in [6.45, 7) is 2.04. The van der Waals surface area contributed by atoms with Gasteiger partial charge in [0.25, 0.3) is 0 Å². The Hall–Kier alpha value is -1.79. The molecular formula is C10H17N3O4. The Balaban J connectivity index is 2.24. The van der Waals surface area contributed by atoms with Crippen molar-refractivity contribution in [2.75, 3.05) is 6.54 Å². The molecule has 3 amide bonds. The van der Waals surface area contributed by atoms with Crippen molar-refractivity contribution in [2.45, 2.75) is 38.3 Å². The largest absolute Gasteiger partial charge is 0.481 e. The lowest BCUT2D eigenvalue weighted by molar-refractivity contribution is -0.137. The first-order valence-corrected chi connectivity index (χ1v) is 5.53. The Morgan fingerprint density at radius 2 is 2.29 bits per heavy atom. The zero-order chi connectivity index (χ0) is 12.8. The van der Waals surface area contributed by atoms with E-state index < -0.39 is 18.0 Å². The highest BCUT2D eigenvalue weighted by Gasteiger charge is 2.20. The van der Waals surface area contributed by atoms with E-state index in [1.165, 1.54) is 0 Å². The number of carbonyl (C=O) groups excluding carboxylic acids is 2. The molecule has 1 rings (SSSR count). The number of nitrogens with one attached hydrogen (secondary N) is 3. The second-order valence-corrected chi connectivity index (χ2v) is 4.16. The molecule has 7 nitrogen and oxygen atoms in total. The lowest BCUT2D eigenvalue weighted by Crippen LogP contribution is -2.52. The molecule has 0 bridgehead atoms. The number of piperidine rings is 1. The quantitative estimate of drug-likeness (QED) is 0.530. The molecule has 1 aliphatic heterocycles. The van der Waals surface area contributed by atoms with Crippen molar-refractivity contribution in [3.8, 4) is 0 Å². The first-order chi connectivity index (χ1) is 7.97. The van der Waals surface area contributed by atoms with E-state index in [1.54, 1.807) is 6.92 Å². The molecule has 0 aromatic carbocycles. The molecule has 1 saturated heterocycles. The van der Waals surface area contributed by atoms with Gasteiger partial charge in [0.1, 0.15) is 0 Å². The van der Waals surface area contributed by atoms with E-state index in [9.17, 15) is 14.4 Å². The Bertz CT molecular complexity index is 309. The second kappa shape index (κ2) is 6.07. The zero-order valence-corrected chi connectivity index (χ0v) is 9.66. The van der Waals surface area contributed by atoms with Crippen LogP contribution in [0.3, 0.4) is 0 Å². The summed E-state index contributed by atoms with van der Waals surface area (Å²) in [5, 5.41) is 16.4. The van der Waals surface area contributed by atoms with Crippen LogP contribution in [-0.2, 0) is 9.59 Å². The zero-order valence-electron chi connectivity index (χ0n) is 9.66. The van der Waals surface area contributed by atoms with Gasteiger partial charge < -0.3 is 21.1 Å². The number of hydrogen-bond donors (Lipinski definition) is 4. The lowest BCUT2D eigenvalue weighted by Gasteiger charge is -2.24. The third-order valence-corrected chi connectivity index (χ3v) is 2.46. The van der Waals surface area contributed by atoms with Crippen LogP contribution in [-0.4, -0.2) is 41.6 Å². The maximum atomic E-state index is 11.5. The minimum Gasteiger partial charge on any atom is -0.481 e. The van der Waals surface area contributed by atoms with Gasteiger partial charge in [-0.3, -0.25) is 9.59 Å². The summed E-state index contributed by atoms with van der Waals surface area (Å²) in [6, 6.07) is -0.921. The van der Waals surface area contributed by atoms with E-state index in [0.717, 1.165) is 0 Å². The fraction of sp³-hybridized carbons (Fsp3) is 0.700. The van der Waals surface area contributed by atoms with Gasteiger partial charge in [-0.2, -0.15) is 0 Å². The van der Waals surface area contributed by atoms with Gasteiger partial charge >= 0.3 is 12.0 Å². The number of urea groups is 1. The average molecular weight is 243 g/mol.